The number of carbonyl (C=O) groups is 2. The van der Waals surface area contributed by atoms with Gasteiger partial charge < -0.3 is 29.6 Å². The van der Waals surface area contributed by atoms with Crippen LogP contribution in [-0.2, 0) is 20.9 Å². The second-order valence-electron chi connectivity index (χ2n) is 7.76. The highest BCUT2D eigenvalue weighted by Crippen LogP contribution is 2.34. The van der Waals surface area contributed by atoms with Gasteiger partial charge >= 0.3 is 6.09 Å². The first-order valence-electron chi connectivity index (χ1n) is 9.62. The number of fused-ring (bicyclic) bond motifs is 1. The Hall–Kier alpha value is -3.26. The number of amides is 2. The normalized spacial score (nSPS) is 13.4. The molecule has 0 aromatic heterocycles. The zero-order valence-corrected chi connectivity index (χ0v) is 17.3. The molecule has 1 unspecified atom stereocenters. The van der Waals surface area contributed by atoms with Crippen molar-refractivity contribution < 1.29 is 28.5 Å². The molecular weight excluding hydrogens is 388 g/mol. The number of alkyl carbamates (subject to hydrolysis) is 1. The molecule has 3 rings (SSSR count). The second-order valence-corrected chi connectivity index (χ2v) is 7.76. The van der Waals surface area contributed by atoms with E-state index in [4.69, 9.17) is 18.9 Å². The highest BCUT2D eigenvalue weighted by molar-refractivity contribution is 5.97. The lowest BCUT2D eigenvalue weighted by Crippen LogP contribution is -2.48. The fraction of sp³-hybridized carbons (Fsp3) is 0.364. The number of hydrogen-bond donors (Lipinski definition) is 2. The van der Waals surface area contributed by atoms with E-state index < -0.39 is 23.6 Å². The van der Waals surface area contributed by atoms with E-state index in [1.165, 1.54) is 0 Å². The standard InChI is InChI=1S/C22H26N2O6/c1-22(2,3)30-21(26)24-17(13-27-12-15-7-5-4-6-8-15)20(25)23-16-9-10-18-19(11-16)29-14-28-18/h4-11,17H,12-14H2,1-3H3,(H,23,25)(H,24,26). The Balaban J connectivity index is 1.63. The van der Waals surface area contributed by atoms with Crippen LogP contribution in [0.4, 0.5) is 10.5 Å². The van der Waals surface area contributed by atoms with Crippen molar-refractivity contribution in [3.8, 4) is 11.5 Å². The Morgan fingerprint density at radius 1 is 1.07 bits per heavy atom. The van der Waals surface area contributed by atoms with Crippen LogP contribution in [0.3, 0.4) is 0 Å². The summed E-state index contributed by atoms with van der Waals surface area (Å²) in [4.78, 5) is 25.0. The van der Waals surface area contributed by atoms with Crippen molar-refractivity contribution in [1.29, 1.82) is 0 Å². The summed E-state index contributed by atoms with van der Waals surface area (Å²) in [5.74, 6) is 0.722. The van der Waals surface area contributed by atoms with E-state index in [1.54, 1.807) is 39.0 Å². The van der Waals surface area contributed by atoms with E-state index in [-0.39, 0.29) is 13.4 Å². The lowest BCUT2D eigenvalue weighted by molar-refractivity contribution is -0.119. The van der Waals surface area contributed by atoms with Crippen molar-refractivity contribution >= 4 is 17.7 Å². The molecule has 160 valence electrons. The van der Waals surface area contributed by atoms with E-state index in [2.05, 4.69) is 10.6 Å². The summed E-state index contributed by atoms with van der Waals surface area (Å²) in [6.45, 7) is 5.68. The molecule has 30 heavy (non-hydrogen) atoms. The Labute approximate surface area is 175 Å². The van der Waals surface area contributed by atoms with Gasteiger partial charge in [-0.1, -0.05) is 30.3 Å². The van der Waals surface area contributed by atoms with Crippen molar-refractivity contribution in [3.05, 3.63) is 54.1 Å². The van der Waals surface area contributed by atoms with E-state index in [0.29, 0.717) is 23.8 Å². The maximum Gasteiger partial charge on any atom is 0.408 e. The molecule has 2 amide bonds. The predicted molar refractivity (Wildman–Crippen MR) is 110 cm³/mol. The van der Waals surface area contributed by atoms with Gasteiger partial charge in [0.2, 0.25) is 12.7 Å². The van der Waals surface area contributed by atoms with Gasteiger partial charge in [-0.25, -0.2) is 4.79 Å². The predicted octanol–water partition coefficient (Wildman–Crippen LogP) is 3.46. The minimum Gasteiger partial charge on any atom is -0.454 e. The molecule has 1 aliphatic heterocycles. The van der Waals surface area contributed by atoms with Crippen LogP contribution in [-0.4, -0.2) is 37.0 Å². The van der Waals surface area contributed by atoms with Gasteiger partial charge in [0, 0.05) is 11.8 Å². The molecule has 8 heteroatoms. The number of carbonyl (C=O) groups excluding carboxylic acids is 2. The molecule has 1 heterocycles. The zero-order chi connectivity index (χ0) is 21.6. The third kappa shape index (κ3) is 6.38. The Bertz CT molecular complexity index is 879. The third-order valence-corrected chi connectivity index (χ3v) is 4.04. The summed E-state index contributed by atoms with van der Waals surface area (Å²) < 4.78 is 21.5. The van der Waals surface area contributed by atoms with Crippen LogP contribution in [0.1, 0.15) is 26.3 Å². The van der Waals surface area contributed by atoms with Crippen LogP contribution in [0.5, 0.6) is 11.5 Å². The summed E-state index contributed by atoms with van der Waals surface area (Å²) >= 11 is 0. The minimum atomic E-state index is -0.950. The fourth-order valence-corrected chi connectivity index (χ4v) is 2.71. The third-order valence-electron chi connectivity index (χ3n) is 4.04. The van der Waals surface area contributed by atoms with Gasteiger partial charge in [0.1, 0.15) is 11.6 Å². The molecule has 0 bridgehead atoms. The van der Waals surface area contributed by atoms with E-state index in [9.17, 15) is 9.59 Å². The number of anilines is 1. The number of benzene rings is 2. The Morgan fingerprint density at radius 3 is 2.53 bits per heavy atom. The summed E-state index contributed by atoms with van der Waals surface area (Å²) in [6, 6.07) is 13.7. The topological polar surface area (TPSA) is 95.1 Å². The number of hydrogen-bond acceptors (Lipinski definition) is 6. The highest BCUT2D eigenvalue weighted by atomic mass is 16.7. The first-order chi connectivity index (χ1) is 14.3. The van der Waals surface area contributed by atoms with Crippen molar-refractivity contribution in [3.63, 3.8) is 0 Å². The van der Waals surface area contributed by atoms with Gasteiger partial charge in [0.25, 0.3) is 0 Å². The average Bonchev–Trinajstić information content (AvgIpc) is 3.14. The summed E-state index contributed by atoms with van der Waals surface area (Å²) in [5, 5.41) is 5.34. The molecule has 8 nitrogen and oxygen atoms in total. The van der Waals surface area contributed by atoms with Crippen molar-refractivity contribution in [2.75, 3.05) is 18.7 Å². The quantitative estimate of drug-likeness (QED) is 0.720. The number of rotatable bonds is 7. The van der Waals surface area contributed by atoms with Crippen LogP contribution < -0.4 is 20.1 Å². The smallest absolute Gasteiger partial charge is 0.408 e. The molecule has 2 aromatic carbocycles. The summed E-state index contributed by atoms with van der Waals surface area (Å²) in [7, 11) is 0. The molecule has 0 aliphatic carbocycles. The van der Waals surface area contributed by atoms with Gasteiger partial charge in [0.05, 0.1) is 13.2 Å². The second kappa shape index (κ2) is 9.49. The zero-order valence-electron chi connectivity index (χ0n) is 17.3. The van der Waals surface area contributed by atoms with Crippen molar-refractivity contribution in [2.24, 2.45) is 0 Å². The van der Waals surface area contributed by atoms with Crippen LogP contribution in [0.25, 0.3) is 0 Å². The monoisotopic (exact) mass is 414 g/mol. The Kier molecular flexibility index (Phi) is 6.79. The van der Waals surface area contributed by atoms with Gasteiger partial charge in [-0.15, -0.1) is 0 Å². The first-order valence-corrected chi connectivity index (χ1v) is 9.62. The molecule has 0 radical (unpaired) electrons. The van der Waals surface area contributed by atoms with Gasteiger partial charge in [-0.2, -0.15) is 0 Å². The summed E-state index contributed by atoms with van der Waals surface area (Å²) in [5.41, 5.74) is 0.792. The van der Waals surface area contributed by atoms with Gasteiger partial charge in [-0.3, -0.25) is 4.79 Å². The lowest BCUT2D eigenvalue weighted by atomic mass is 10.2. The number of ether oxygens (including phenoxy) is 4. The SMILES string of the molecule is CC(C)(C)OC(=O)NC(COCc1ccccc1)C(=O)Nc1ccc2c(c1)OCO2. The van der Waals surface area contributed by atoms with E-state index in [1.807, 2.05) is 30.3 Å². The maximum atomic E-state index is 12.8. The minimum absolute atomic E-state index is 0.0233. The largest absolute Gasteiger partial charge is 0.454 e. The maximum absolute atomic E-state index is 12.8. The fourth-order valence-electron chi connectivity index (χ4n) is 2.71. The number of nitrogens with one attached hydrogen (secondary N) is 2. The lowest BCUT2D eigenvalue weighted by Gasteiger charge is -2.23. The molecule has 2 aromatic rings. The molecule has 0 fully saturated rings. The highest BCUT2D eigenvalue weighted by Gasteiger charge is 2.25. The Morgan fingerprint density at radius 2 is 1.80 bits per heavy atom. The van der Waals surface area contributed by atoms with Crippen LogP contribution in [0.15, 0.2) is 48.5 Å². The average molecular weight is 414 g/mol. The molecule has 1 atom stereocenters. The molecule has 0 saturated heterocycles. The van der Waals surface area contributed by atoms with E-state index in [0.717, 1.165) is 5.56 Å². The van der Waals surface area contributed by atoms with Crippen molar-refractivity contribution in [1.82, 2.24) is 5.32 Å². The van der Waals surface area contributed by atoms with Gasteiger partial charge in [-0.05, 0) is 38.5 Å². The van der Waals surface area contributed by atoms with Crippen LogP contribution in [0.2, 0.25) is 0 Å². The van der Waals surface area contributed by atoms with Crippen LogP contribution in [0, 0.1) is 0 Å². The van der Waals surface area contributed by atoms with Crippen LogP contribution >= 0.6 is 0 Å². The summed E-state index contributed by atoms with van der Waals surface area (Å²) in [6.07, 6.45) is -0.698. The first kappa shape index (κ1) is 21.4. The van der Waals surface area contributed by atoms with E-state index >= 15 is 0 Å². The molecule has 0 saturated carbocycles. The van der Waals surface area contributed by atoms with Crippen molar-refractivity contribution in [2.45, 2.75) is 39.0 Å². The molecule has 1 aliphatic rings. The molecular formula is C22H26N2O6. The molecule has 2 N–H and O–H groups in total. The van der Waals surface area contributed by atoms with Gasteiger partial charge in [0.15, 0.2) is 11.5 Å². The molecule has 0 spiro atoms.